The number of ketones is 1. The summed E-state index contributed by atoms with van der Waals surface area (Å²) in [7, 11) is 14.3. The van der Waals surface area contributed by atoms with E-state index in [0.29, 0.717) is 19.4 Å². The Kier molecular flexibility index (Phi) is 7.14. The second kappa shape index (κ2) is 10.2. The summed E-state index contributed by atoms with van der Waals surface area (Å²) in [4.78, 5) is 33.0. The van der Waals surface area contributed by atoms with Crippen LogP contribution in [0.2, 0.25) is 0 Å². The Morgan fingerprint density at radius 1 is 1.17 bits per heavy atom. The molecule has 5 N–H and O–H groups in total. The van der Waals surface area contributed by atoms with Gasteiger partial charge in [-0.15, -0.1) is 0 Å². The number of hydrogen-bond acceptors (Lipinski definition) is 8. The number of fused-ring (bicyclic) bond motifs is 4. The number of Topliss-reactive ketones (excluding diaryl/α,β-unsaturated/α-hetero) is 1. The maximum absolute atomic E-state index is 14.3. The van der Waals surface area contributed by atoms with Crippen molar-refractivity contribution in [1.82, 2.24) is 9.80 Å². The standard InChI is InChI=1S/C31H42BN4O5P/c1-34(2)24-17(13-36-11-14-6-5-7-15(14)12-36)10-20(37)22-18(24)8-16-9-19-25(35(3)4)27(39)23(30(33)41)28(32)31(19,42)29(40)21(16)26(22)38/h10,14-16,19,25,32,37,39-40H,5-9,11-13,42H2,1-4H3,(H2,33,41)/t14?,15?,16-,19-,25-,31+/m0/s1. The van der Waals surface area contributed by atoms with Gasteiger partial charge in [-0.2, -0.15) is 0 Å². The molecule has 0 aromatic heterocycles. The van der Waals surface area contributed by atoms with E-state index in [1.54, 1.807) is 20.2 Å². The Balaban J connectivity index is 1.45. The van der Waals surface area contributed by atoms with Crippen LogP contribution >= 0.6 is 9.24 Å². The van der Waals surface area contributed by atoms with Crippen molar-refractivity contribution in [3.05, 3.63) is 45.4 Å². The molecule has 2 fully saturated rings. The molecule has 1 aliphatic heterocycles. The van der Waals surface area contributed by atoms with Gasteiger partial charge in [-0.25, -0.2) is 0 Å². The minimum atomic E-state index is -1.28. The molecule has 4 aliphatic carbocycles. The van der Waals surface area contributed by atoms with E-state index in [9.17, 15) is 24.9 Å². The van der Waals surface area contributed by atoms with E-state index in [-0.39, 0.29) is 45.4 Å². The first-order chi connectivity index (χ1) is 19.8. The Bertz CT molecular complexity index is 1460. The number of rotatable bonds is 5. The Morgan fingerprint density at radius 2 is 1.81 bits per heavy atom. The van der Waals surface area contributed by atoms with Crippen molar-refractivity contribution in [2.75, 3.05) is 46.2 Å². The molecule has 224 valence electrons. The third-order valence-electron chi connectivity index (χ3n) is 10.7. The zero-order valence-electron chi connectivity index (χ0n) is 25.0. The number of likely N-dealkylation sites (tertiary alicyclic amines) is 1. The molecule has 1 aromatic rings. The van der Waals surface area contributed by atoms with Gasteiger partial charge in [-0.3, -0.25) is 0 Å². The van der Waals surface area contributed by atoms with Gasteiger partial charge in [0, 0.05) is 0 Å². The molecule has 1 heterocycles. The summed E-state index contributed by atoms with van der Waals surface area (Å²) in [6.45, 7) is 2.84. The molecule has 42 heavy (non-hydrogen) atoms. The molecule has 0 radical (unpaired) electrons. The molecular formula is C31H42BN4O5P. The molecule has 1 saturated heterocycles. The van der Waals surface area contributed by atoms with Gasteiger partial charge < -0.3 is 0 Å². The van der Waals surface area contributed by atoms with Crippen LogP contribution in [0.3, 0.4) is 0 Å². The number of nitrogens with two attached hydrogens (primary N) is 1. The van der Waals surface area contributed by atoms with Crippen LogP contribution in [0.1, 0.15) is 47.2 Å². The second-order valence-corrected chi connectivity index (χ2v) is 14.4. The van der Waals surface area contributed by atoms with Gasteiger partial charge in [0.2, 0.25) is 0 Å². The Hall–Kier alpha value is -2.68. The average Bonchev–Trinajstić information content (AvgIpc) is 3.47. The van der Waals surface area contributed by atoms with Gasteiger partial charge >= 0.3 is 220 Å². The van der Waals surface area contributed by atoms with Crippen molar-refractivity contribution in [1.29, 1.82) is 0 Å². The fraction of sp³-hybridized carbons (Fsp3) is 0.581. The van der Waals surface area contributed by atoms with Crippen molar-refractivity contribution in [3.8, 4) is 5.75 Å². The molecule has 1 saturated carbocycles. The monoisotopic (exact) mass is 592 g/mol. The third-order valence-corrected chi connectivity index (χ3v) is 11.8. The van der Waals surface area contributed by atoms with Gasteiger partial charge in [0.15, 0.2) is 0 Å². The van der Waals surface area contributed by atoms with E-state index >= 15 is 0 Å². The number of allylic oxidation sites excluding steroid dienone is 2. The van der Waals surface area contributed by atoms with Crippen molar-refractivity contribution in [3.63, 3.8) is 0 Å². The van der Waals surface area contributed by atoms with E-state index in [1.807, 2.05) is 23.9 Å². The number of nitrogens with zero attached hydrogens (tertiary/aromatic N) is 3. The van der Waals surface area contributed by atoms with E-state index < -0.39 is 28.8 Å². The number of primary amides is 1. The Morgan fingerprint density at radius 3 is 2.38 bits per heavy atom. The van der Waals surface area contributed by atoms with E-state index in [0.717, 1.165) is 41.7 Å². The first-order valence-corrected chi connectivity index (χ1v) is 15.5. The second-order valence-electron chi connectivity index (χ2n) is 13.5. The molecule has 9 nitrogen and oxygen atoms in total. The average molecular weight is 592 g/mol. The fourth-order valence-corrected chi connectivity index (χ4v) is 9.61. The first-order valence-electron chi connectivity index (χ1n) is 14.9. The number of phenolic OH excluding ortho intramolecular Hbond substituents is 1. The quantitative estimate of drug-likeness (QED) is 0.301. The van der Waals surface area contributed by atoms with Crippen molar-refractivity contribution < 1.29 is 24.9 Å². The third kappa shape index (κ3) is 4.12. The fourth-order valence-electron chi connectivity index (χ4n) is 8.99. The summed E-state index contributed by atoms with van der Waals surface area (Å²) in [5.41, 5.74) is 8.93. The van der Waals surface area contributed by atoms with Crippen LogP contribution in [0.25, 0.3) is 0 Å². The zero-order valence-corrected chi connectivity index (χ0v) is 26.1. The number of aliphatic hydroxyl groups excluding tert-OH is 2. The Labute approximate surface area is 250 Å². The summed E-state index contributed by atoms with van der Waals surface area (Å²) < 4.78 is 0. The molecule has 3 unspecified atom stereocenters. The number of benzene rings is 1. The van der Waals surface area contributed by atoms with Crippen LogP contribution in [0, 0.1) is 23.7 Å². The van der Waals surface area contributed by atoms with E-state index in [1.165, 1.54) is 19.3 Å². The molecule has 7 atom stereocenters. The van der Waals surface area contributed by atoms with Crippen LogP contribution in [0.5, 0.6) is 5.75 Å². The molecule has 0 bridgehead atoms. The zero-order chi connectivity index (χ0) is 30.4. The van der Waals surface area contributed by atoms with Gasteiger partial charge in [-0.05, 0) is 24.7 Å². The number of likely N-dealkylation sites (N-methyl/N-ethyl adjacent to an activating group) is 1. The molecule has 11 heteroatoms. The van der Waals surface area contributed by atoms with Crippen molar-refractivity contribution >= 4 is 39.6 Å². The van der Waals surface area contributed by atoms with Gasteiger partial charge in [-0.1, -0.05) is 6.42 Å². The van der Waals surface area contributed by atoms with Crippen molar-refractivity contribution in [2.24, 2.45) is 29.4 Å². The molecule has 1 amide bonds. The topological polar surface area (TPSA) is 131 Å². The molecule has 0 spiro atoms. The minimum absolute atomic E-state index is 0.0716. The molecule has 1 aromatic carbocycles. The predicted molar refractivity (Wildman–Crippen MR) is 169 cm³/mol. The number of anilines is 1. The van der Waals surface area contributed by atoms with Crippen LogP contribution in [0.15, 0.2) is 28.7 Å². The predicted octanol–water partition coefficient (Wildman–Crippen LogP) is 1.81. The van der Waals surface area contributed by atoms with Gasteiger partial charge in [0.1, 0.15) is 0 Å². The summed E-state index contributed by atoms with van der Waals surface area (Å²) in [6, 6.07) is 1.10. The summed E-state index contributed by atoms with van der Waals surface area (Å²) in [5.74, 6) is -0.918. The van der Waals surface area contributed by atoms with E-state index in [4.69, 9.17) is 5.73 Å². The first kappa shape index (κ1) is 29.4. The van der Waals surface area contributed by atoms with Crippen molar-refractivity contribution in [2.45, 2.75) is 49.8 Å². The number of phenols is 1. The van der Waals surface area contributed by atoms with Gasteiger partial charge in [0.25, 0.3) is 0 Å². The summed E-state index contributed by atoms with van der Waals surface area (Å²) in [6.07, 6.45) is 4.81. The molecule has 5 aliphatic rings. The number of aliphatic hydroxyl groups is 2. The number of carbonyl (C=O) groups excluding carboxylic acids is 2. The number of hydrogen-bond donors (Lipinski definition) is 4. The maximum atomic E-state index is 14.3. The van der Waals surface area contributed by atoms with Crippen LogP contribution < -0.4 is 10.6 Å². The number of carbonyl (C=O) groups is 2. The normalized spacial score (nSPS) is 32.6. The van der Waals surface area contributed by atoms with Crippen LogP contribution in [-0.4, -0.2) is 102 Å². The summed E-state index contributed by atoms with van der Waals surface area (Å²) in [5, 5.41) is 33.2. The molecule has 6 rings (SSSR count). The molecular weight excluding hydrogens is 550 g/mol. The van der Waals surface area contributed by atoms with Gasteiger partial charge in [0.05, 0.1) is 0 Å². The van der Waals surface area contributed by atoms with E-state index in [2.05, 4.69) is 21.6 Å². The number of amides is 1. The van der Waals surface area contributed by atoms with Crippen LogP contribution in [-0.2, 0) is 17.8 Å². The summed E-state index contributed by atoms with van der Waals surface area (Å²) >= 11 is 0. The number of aromatic hydroxyl groups is 1. The SMILES string of the molecule is B=C1C(C(N)=O)=C(O)[C@@H](N(C)C)[C@@H]2C[C@@H]3Cc4c(c(O)cc(CN5CC6CCCC6C5)c4N(C)C)C(=O)C3=C(O)[C@]12P. The van der Waals surface area contributed by atoms with Crippen LogP contribution in [0.4, 0.5) is 5.69 Å².